The third-order valence-electron chi connectivity index (χ3n) is 11.8. The zero-order valence-corrected chi connectivity index (χ0v) is 22.6. The van der Waals surface area contributed by atoms with Crippen molar-refractivity contribution in [3.8, 4) is 0 Å². The molecule has 7 atom stereocenters. The van der Waals surface area contributed by atoms with Gasteiger partial charge in [0.2, 0.25) is 0 Å². The Hall–Kier alpha value is -0.520. The lowest BCUT2D eigenvalue weighted by atomic mass is 9.35. The van der Waals surface area contributed by atoms with Gasteiger partial charge in [0.25, 0.3) is 0 Å². The van der Waals surface area contributed by atoms with Crippen molar-refractivity contribution in [3.63, 3.8) is 0 Å². The molecule has 5 fully saturated rings. The van der Waals surface area contributed by atoms with Gasteiger partial charge in [-0.1, -0.05) is 64.3 Å². The minimum atomic E-state index is 0. The van der Waals surface area contributed by atoms with E-state index in [9.17, 15) is 0 Å². The number of fused-ring (bicyclic) bond motifs is 5. The fraction of sp³-hybridized carbons (Fsp3) is 0.875. The summed E-state index contributed by atoms with van der Waals surface area (Å²) in [6, 6.07) is 0. The van der Waals surface area contributed by atoms with Gasteiger partial charge < -0.3 is 0 Å². The molecule has 5 rings (SSSR count). The molecule has 0 saturated heterocycles. The van der Waals surface area contributed by atoms with Crippen LogP contribution < -0.4 is 0 Å². The second-order valence-electron chi connectivity index (χ2n) is 12.7. The van der Waals surface area contributed by atoms with Crippen molar-refractivity contribution in [2.45, 2.75) is 131 Å². The Bertz CT molecular complexity index is 721. The van der Waals surface area contributed by atoms with Crippen LogP contribution in [0, 0.1) is 45.8 Å². The monoisotopic (exact) mass is 442 g/mol. The summed E-state index contributed by atoms with van der Waals surface area (Å²) in [5, 5.41) is 0. The molecule has 0 aromatic heterocycles. The molecule has 0 aromatic carbocycles. The summed E-state index contributed by atoms with van der Waals surface area (Å²) in [4.78, 5) is 0. The van der Waals surface area contributed by atoms with Crippen molar-refractivity contribution in [1.29, 1.82) is 0 Å². The van der Waals surface area contributed by atoms with Crippen molar-refractivity contribution in [1.82, 2.24) is 0 Å². The van der Waals surface area contributed by atoms with Gasteiger partial charge in [-0.25, -0.2) is 0 Å². The lowest BCUT2D eigenvalue weighted by molar-refractivity contribution is -0.189. The Kier molecular flexibility index (Phi) is 7.12. The van der Waals surface area contributed by atoms with Gasteiger partial charge in [0, 0.05) is 2.85 Å². The molecule has 0 spiro atoms. The van der Waals surface area contributed by atoms with Crippen molar-refractivity contribution >= 4 is 0 Å². The fourth-order valence-electron chi connectivity index (χ4n) is 10.7. The van der Waals surface area contributed by atoms with Gasteiger partial charge in [0.05, 0.1) is 0 Å². The minimum Gasteiger partial charge on any atom is -0.0998 e. The average molecular weight is 443 g/mol. The molecular formula is C32H58. The molecule has 0 bridgehead atoms. The standard InChI is InChI=1S/C30H48.C2H6.2H2/c1-6-16-29-18-14-24-26-10-8-9-25(22(4)7-2)28(26,5)17-15-27(24)30(29,23-11-12-23)19-13-21(3)20-29;1-2;;/h7,23-27H,3,6,8-20H2,1-2,4-5H3;1-2H3;2*1H/b22-7+;;;/t24-,25?,26?,27?,28+,29+,30-;;;/m0.../s1. The predicted molar refractivity (Wildman–Crippen MR) is 145 cm³/mol. The first-order valence-corrected chi connectivity index (χ1v) is 14.7. The van der Waals surface area contributed by atoms with E-state index in [1.807, 2.05) is 13.8 Å². The van der Waals surface area contributed by atoms with Crippen molar-refractivity contribution in [3.05, 3.63) is 23.8 Å². The van der Waals surface area contributed by atoms with Crippen molar-refractivity contribution in [2.75, 3.05) is 0 Å². The molecule has 186 valence electrons. The Labute approximate surface area is 204 Å². The Balaban J connectivity index is 0.000000995. The van der Waals surface area contributed by atoms with E-state index in [4.69, 9.17) is 0 Å². The molecule has 0 radical (unpaired) electrons. The molecule has 0 amide bonds. The molecule has 32 heavy (non-hydrogen) atoms. The number of allylic oxidation sites excluding steroid dienone is 3. The molecule has 0 aliphatic heterocycles. The molecule has 0 heterocycles. The minimum absolute atomic E-state index is 0. The van der Waals surface area contributed by atoms with E-state index in [0.717, 1.165) is 29.6 Å². The molecule has 3 unspecified atom stereocenters. The molecule has 5 aliphatic rings. The zero-order chi connectivity index (χ0) is 23.1. The van der Waals surface area contributed by atoms with Gasteiger partial charge in [-0.2, -0.15) is 0 Å². The van der Waals surface area contributed by atoms with E-state index in [1.165, 1.54) is 70.6 Å². The third-order valence-corrected chi connectivity index (χ3v) is 11.8. The Morgan fingerprint density at radius 3 is 2.44 bits per heavy atom. The molecule has 0 aromatic rings. The second-order valence-corrected chi connectivity index (χ2v) is 12.7. The van der Waals surface area contributed by atoms with Crippen molar-refractivity contribution in [2.24, 2.45) is 45.8 Å². The third kappa shape index (κ3) is 3.51. The molecule has 0 nitrogen and oxygen atoms in total. The van der Waals surface area contributed by atoms with Crippen LogP contribution in [0.2, 0.25) is 0 Å². The summed E-state index contributed by atoms with van der Waals surface area (Å²) in [6.45, 7) is 18.5. The lowest BCUT2D eigenvalue weighted by Gasteiger charge is -2.69. The van der Waals surface area contributed by atoms with Crippen LogP contribution in [0.25, 0.3) is 0 Å². The van der Waals surface area contributed by atoms with Crippen molar-refractivity contribution < 1.29 is 2.85 Å². The maximum absolute atomic E-state index is 4.56. The van der Waals surface area contributed by atoms with Crippen LogP contribution in [0.3, 0.4) is 0 Å². The SMILES string of the molecule is C=C1CC[C@]2(C3CC3)C3CC[C@]4(C)C(/C(C)=C/C)CCCC4[C@@H]3CC[C@]2(CCC)C1.CC.[HH].[HH]. The van der Waals surface area contributed by atoms with Gasteiger partial charge >= 0.3 is 0 Å². The highest BCUT2D eigenvalue weighted by Gasteiger charge is 2.68. The number of hydrogen-bond acceptors (Lipinski definition) is 0. The van der Waals surface area contributed by atoms with Crippen LogP contribution >= 0.6 is 0 Å². The van der Waals surface area contributed by atoms with Gasteiger partial charge in [-0.3, -0.25) is 0 Å². The molecular weight excluding hydrogens is 384 g/mol. The molecule has 0 heteroatoms. The van der Waals surface area contributed by atoms with E-state index < -0.39 is 0 Å². The summed E-state index contributed by atoms with van der Waals surface area (Å²) in [5.41, 5.74) is 5.16. The van der Waals surface area contributed by atoms with Crippen LogP contribution in [-0.4, -0.2) is 0 Å². The van der Waals surface area contributed by atoms with Crippen LogP contribution in [0.4, 0.5) is 0 Å². The Morgan fingerprint density at radius 1 is 1.03 bits per heavy atom. The summed E-state index contributed by atoms with van der Waals surface area (Å²) in [7, 11) is 0. The fourth-order valence-corrected chi connectivity index (χ4v) is 10.7. The van der Waals surface area contributed by atoms with E-state index in [1.54, 1.807) is 30.4 Å². The second kappa shape index (κ2) is 9.26. The van der Waals surface area contributed by atoms with Crippen LogP contribution in [0.1, 0.15) is 134 Å². The van der Waals surface area contributed by atoms with Crippen LogP contribution in [0.5, 0.6) is 0 Å². The summed E-state index contributed by atoms with van der Waals surface area (Å²) < 4.78 is 0. The van der Waals surface area contributed by atoms with E-state index >= 15 is 0 Å². The maximum atomic E-state index is 4.56. The van der Waals surface area contributed by atoms with E-state index in [-0.39, 0.29) is 2.85 Å². The average Bonchev–Trinajstić information content (AvgIpc) is 3.64. The first kappa shape index (κ1) is 24.6. The summed E-state index contributed by atoms with van der Waals surface area (Å²) in [5.74, 6) is 4.96. The van der Waals surface area contributed by atoms with Gasteiger partial charge in [-0.15, -0.1) is 0 Å². The predicted octanol–water partition coefficient (Wildman–Crippen LogP) is 10.6. The zero-order valence-electron chi connectivity index (χ0n) is 22.6. The smallest absolute Gasteiger partial charge is 0 e. The first-order chi connectivity index (χ1) is 15.4. The van der Waals surface area contributed by atoms with Crippen LogP contribution in [0.15, 0.2) is 23.8 Å². The Morgan fingerprint density at radius 2 is 1.78 bits per heavy atom. The summed E-state index contributed by atoms with van der Waals surface area (Å²) >= 11 is 0. The summed E-state index contributed by atoms with van der Waals surface area (Å²) in [6.07, 6.45) is 23.2. The lowest BCUT2D eigenvalue weighted by Crippen LogP contribution is -2.61. The van der Waals surface area contributed by atoms with E-state index in [0.29, 0.717) is 16.2 Å². The van der Waals surface area contributed by atoms with Gasteiger partial charge in [-0.05, 0) is 137 Å². The first-order valence-electron chi connectivity index (χ1n) is 14.7. The largest absolute Gasteiger partial charge is 0.0998 e. The quantitative estimate of drug-likeness (QED) is 0.380. The van der Waals surface area contributed by atoms with Gasteiger partial charge in [0.1, 0.15) is 0 Å². The highest BCUT2D eigenvalue weighted by molar-refractivity contribution is 5.23. The normalized spacial score (nSPS) is 46.3. The highest BCUT2D eigenvalue weighted by atomic mass is 14.7. The van der Waals surface area contributed by atoms with Gasteiger partial charge in [0.15, 0.2) is 0 Å². The van der Waals surface area contributed by atoms with Crippen LogP contribution in [-0.2, 0) is 0 Å². The molecule has 0 N–H and O–H groups in total. The molecule has 5 aliphatic carbocycles. The maximum Gasteiger partial charge on any atom is 0 e. The van der Waals surface area contributed by atoms with E-state index in [2.05, 4.69) is 40.3 Å². The molecule has 5 saturated carbocycles. The highest BCUT2D eigenvalue weighted by Crippen LogP contribution is 2.76. The topological polar surface area (TPSA) is 0 Å². The number of rotatable bonds is 4. The number of hydrogen-bond donors (Lipinski definition) is 0.